The molecule has 4 nitrogen and oxygen atoms in total. The zero-order valence-electron chi connectivity index (χ0n) is 11.0. The van der Waals surface area contributed by atoms with Crippen LogP contribution in [0.1, 0.15) is 19.4 Å². The van der Waals surface area contributed by atoms with Crippen LogP contribution in [-0.4, -0.2) is 32.4 Å². The lowest BCUT2D eigenvalue weighted by Crippen LogP contribution is -2.08. The van der Waals surface area contributed by atoms with E-state index in [1.165, 1.54) is 0 Å². The lowest BCUT2D eigenvalue weighted by Gasteiger charge is -2.07. The van der Waals surface area contributed by atoms with Crippen LogP contribution in [-0.2, 0) is 20.7 Å². The summed E-state index contributed by atoms with van der Waals surface area (Å²) in [6.07, 6.45) is 0.299. The molecule has 0 unspecified atom stereocenters. The smallest absolute Gasteiger partial charge is 0.310 e. The summed E-state index contributed by atoms with van der Waals surface area (Å²) < 4.78 is 15.5. The van der Waals surface area contributed by atoms with Crippen molar-refractivity contribution in [3.05, 3.63) is 29.8 Å². The first-order valence-corrected chi connectivity index (χ1v) is 6.21. The van der Waals surface area contributed by atoms with Crippen LogP contribution < -0.4 is 4.74 Å². The fraction of sp³-hybridized carbons (Fsp3) is 0.500. The van der Waals surface area contributed by atoms with Crippen molar-refractivity contribution in [1.82, 2.24) is 0 Å². The second-order valence-electron chi connectivity index (χ2n) is 3.67. The van der Waals surface area contributed by atoms with E-state index in [4.69, 9.17) is 14.2 Å². The van der Waals surface area contributed by atoms with E-state index >= 15 is 0 Å². The monoisotopic (exact) mass is 252 g/mol. The van der Waals surface area contributed by atoms with Crippen LogP contribution in [0.5, 0.6) is 5.75 Å². The fourth-order valence-corrected chi connectivity index (χ4v) is 1.44. The lowest BCUT2D eigenvalue weighted by atomic mass is 10.1. The van der Waals surface area contributed by atoms with Gasteiger partial charge in [-0.05, 0) is 31.5 Å². The topological polar surface area (TPSA) is 44.8 Å². The van der Waals surface area contributed by atoms with E-state index in [9.17, 15) is 4.79 Å². The van der Waals surface area contributed by atoms with Gasteiger partial charge >= 0.3 is 5.97 Å². The highest BCUT2D eigenvalue weighted by Crippen LogP contribution is 2.12. The fourth-order valence-electron chi connectivity index (χ4n) is 1.44. The molecule has 100 valence electrons. The number of carbonyl (C=O) groups is 1. The van der Waals surface area contributed by atoms with Gasteiger partial charge in [0.15, 0.2) is 0 Å². The Morgan fingerprint density at radius 2 is 1.78 bits per heavy atom. The van der Waals surface area contributed by atoms with Gasteiger partial charge in [-0.3, -0.25) is 4.79 Å². The Bertz CT molecular complexity index is 345. The van der Waals surface area contributed by atoms with Gasteiger partial charge in [0.1, 0.15) is 12.4 Å². The third-order valence-electron chi connectivity index (χ3n) is 2.28. The molecular formula is C14H20O4. The zero-order valence-corrected chi connectivity index (χ0v) is 11.0. The van der Waals surface area contributed by atoms with Gasteiger partial charge < -0.3 is 14.2 Å². The lowest BCUT2D eigenvalue weighted by molar-refractivity contribution is -0.142. The Morgan fingerprint density at radius 1 is 1.06 bits per heavy atom. The number of carbonyl (C=O) groups excluding carboxylic acids is 1. The zero-order chi connectivity index (χ0) is 13.2. The van der Waals surface area contributed by atoms with Crippen molar-refractivity contribution in [3.63, 3.8) is 0 Å². The van der Waals surface area contributed by atoms with Gasteiger partial charge in [0.2, 0.25) is 0 Å². The molecule has 0 heterocycles. The summed E-state index contributed by atoms with van der Waals surface area (Å²) in [7, 11) is 0. The van der Waals surface area contributed by atoms with Crippen LogP contribution in [0.15, 0.2) is 24.3 Å². The molecule has 1 aromatic rings. The minimum absolute atomic E-state index is 0.206. The van der Waals surface area contributed by atoms with E-state index in [0.29, 0.717) is 32.8 Å². The highest BCUT2D eigenvalue weighted by molar-refractivity contribution is 5.72. The summed E-state index contributed by atoms with van der Waals surface area (Å²) in [5.41, 5.74) is 0.922. The van der Waals surface area contributed by atoms with Gasteiger partial charge in [0.25, 0.3) is 0 Å². The van der Waals surface area contributed by atoms with Crippen molar-refractivity contribution in [2.45, 2.75) is 20.3 Å². The van der Waals surface area contributed by atoms with Gasteiger partial charge in [-0.25, -0.2) is 0 Å². The minimum atomic E-state index is -0.206. The maximum Gasteiger partial charge on any atom is 0.310 e. The Balaban J connectivity index is 2.35. The van der Waals surface area contributed by atoms with Crippen molar-refractivity contribution in [2.24, 2.45) is 0 Å². The van der Waals surface area contributed by atoms with Crippen LogP contribution in [0.4, 0.5) is 0 Å². The van der Waals surface area contributed by atoms with Gasteiger partial charge in [-0.1, -0.05) is 12.1 Å². The molecule has 0 radical (unpaired) electrons. The maximum atomic E-state index is 11.3. The normalized spacial score (nSPS) is 10.1. The molecule has 0 aliphatic heterocycles. The highest BCUT2D eigenvalue weighted by atomic mass is 16.5. The van der Waals surface area contributed by atoms with Crippen molar-refractivity contribution < 1.29 is 19.0 Å². The minimum Gasteiger partial charge on any atom is -0.491 e. The average Bonchev–Trinajstić information content (AvgIpc) is 2.37. The van der Waals surface area contributed by atoms with Gasteiger partial charge in [-0.2, -0.15) is 0 Å². The molecule has 0 saturated carbocycles. The van der Waals surface area contributed by atoms with E-state index in [1.54, 1.807) is 6.92 Å². The number of esters is 1. The summed E-state index contributed by atoms with van der Waals surface area (Å²) in [5.74, 6) is 0.574. The first-order chi connectivity index (χ1) is 8.76. The largest absolute Gasteiger partial charge is 0.491 e. The van der Waals surface area contributed by atoms with Crippen molar-refractivity contribution in [3.8, 4) is 5.75 Å². The molecule has 0 saturated heterocycles. The van der Waals surface area contributed by atoms with Gasteiger partial charge in [0, 0.05) is 6.61 Å². The van der Waals surface area contributed by atoms with Crippen LogP contribution in [0.3, 0.4) is 0 Å². The van der Waals surface area contributed by atoms with Crippen molar-refractivity contribution >= 4 is 5.97 Å². The molecular weight excluding hydrogens is 232 g/mol. The van der Waals surface area contributed by atoms with E-state index in [2.05, 4.69) is 0 Å². The Labute approximate surface area is 108 Å². The van der Waals surface area contributed by atoms with Crippen LogP contribution in [0.25, 0.3) is 0 Å². The van der Waals surface area contributed by atoms with Gasteiger partial charge in [-0.15, -0.1) is 0 Å². The highest BCUT2D eigenvalue weighted by Gasteiger charge is 2.03. The molecule has 0 N–H and O–H groups in total. The molecule has 1 rings (SSSR count). The number of benzene rings is 1. The molecule has 0 spiro atoms. The first kappa shape index (κ1) is 14.5. The van der Waals surface area contributed by atoms with Crippen molar-refractivity contribution in [1.29, 1.82) is 0 Å². The molecule has 0 aromatic heterocycles. The quantitative estimate of drug-likeness (QED) is 0.525. The second kappa shape index (κ2) is 8.53. The Hall–Kier alpha value is -1.55. The summed E-state index contributed by atoms with van der Waals surface area (Å²) in [6.45, 7) is 5.98. The molecule has 0 amide bonds. The van der Waals surface area contributed by atoms with E-state index in [0.717, 1.165) is 11.3 Å². The van der Waals surface area contributed by atoms with Crippen molar-refractivity contribution in [2.75, 3.05) is 26.4 Å². The molecule has 0 bridgehead atoms. The molecule has 1 aromatic carbocycles. The van der Waals surface area contributed by atoms with E-state index in [-0.39, 0.29) is 5.97 Å². The number of hydrogen-bond acceptors (Lipinski definition) is 4. The number of hydrogen-bond donors (Lipinski definition) is 0. The third kappa shape index (κ3) is 5.68. The predicted molar refractivity (Wildman–Crippen MR) is 68.8 cm³/mol. The van der Waals surface area contributed by atoms with Crippen LogP contribution in [0, 0.1) is 0 Å². The van der Waals surface area contributed by atoms with E-state index in [1.807, 2.05) is 31.2 Å². The second-order valence-corrected chi connectivity index (χ2v) is 3.67. The molecule has 0 fully saturated rings. The third-order valence-corrected chi connectivity index (χ3v) is 2.28. The average molecular weight is 252 g/mol. The summed E-state index contributed by atoms with van der Waals surface area (Å²) >= 11 is 0. The summed E-state index contributed by atoms with van der Waals surface area (Å²) in [6, 6.07) is 7.43. The molecule has 0 aliphatic rings. The molecule has 0 aliphatic carbocycles. The first-order valence-electron chi connectivity index (χ1n) is 6.21. The number of ether oxygens (including phenoxy) is 3. The standard InChI is InChI=1S/C14H20O4/c1-3-16-9-10-18-13-7-5-12(6-8-13)11-14(15)17-4-2/h5-8H,3-4,9-11H2,1-2H3. The van der Waals surface area contributed by atoms with Gasteiger partial charge in [0.05, 0.1) is 19.6 Å². The SMILES string of the molecule is CCOCCOc1ccc(CC(=O)OCC)cc1. The summed E-state index contributed by atoms with van der Waals surface area (Å²) in [5, 5.41) is 0. The Morgan fingerprint density at radius 3 is 2.39 bits per heavy atom. The number of rotatable bonds is 8. The molecule has 0 atom stereocenters. The predicted octanol–water partition coefficient (Wildman–Crippen LogP) is 2.21. The summed E-state index contributed by atoms with van der Waals surface area (Å²) in [4.78, 5) is 11.3. The van der Waals surface area contributed by atoms with Crippen LogP contribution in [0.2, 0.25) is 0 Å². The molecule has 18 heavy (non-hydrogen) atoms. The van der Waals surface area contributed by atoms with E-state index < -0.39 is 0 Å². The maximum absolute atomic E-state index is 11.3. The molecule has 4 heteroatoms. The Kier molecular flexibility index (Phi) is 6.87. The van der Waals surface area contributed by atoms with Crippen LogP contribution >= 0.6 is 0 Å².